The number of carbonyl (C=O) groups excluding carboxylic acids is 3. The average molecular weight is 741 g/mol. The molecule has 0 bridgehead atoms. The summed E-state index contributed by atoms with van der Waals surface area (Å²) in [5.74, 6) is -2.35. The van der Waals surface area contributed by atoms with Crippen molar-refractivity contribution in [3.8, 4) is 0 Å². The summed E-state index contributed by atoms with van der Waals surface area (Å²) >= 11 is 0.939. The summed E-state index contributed by atoms with van der Waals surface area (Å²) < 4.78 is 30.8. The van der Waals surface area contributed by atoms with E-state index in [-0.39, 0.29) is 49.9 Å². The molecule has 6 atom stereocenters. The molecule has 0 spiro atoms. The first-order valence-electron chi connectivity index (χ1n) is 17.3. The third-order valence-corrected chi connectivity index (χ3v) is 10.2. The van der Waals surface area contributed by atoms with Gasteiger partial charge in [-0.15, -0.1) is 11.8 Å². The molecule has 53 heavy (non-hydrogen) atoms. The van der Waals surface area contributed by atoms with Gasteiger partial charge in [-0.05, 0) is 35.7 Å². The minimum Gasteiger partial charge on any atom is -0.464 e. The average Bonchev–Trinajstić information content (AvgIpc) is 3.43. The van der Waals surface area contributed by atoms with Gasteiger partial charge in [-0.2, -0.15) is 0 Å². The van der Waals surface area contributed by atoms with Crippen molar-refractivity contribution in [2.75, 3.05) is 19.0 Å². The number of thioether (sulfide) groups is 1. The Morgan fingerprint density at radius 2 is 1.26 bits per heavy atom. The number of ether oxygens (including phenoxy) is 5. The van der Waals surface area contributed by atoms with Gasteiger partial charge in [-0.3, -0.25) is 24.6 Å². The van der Waals surface area contributed by atoms with Gasteiger partial charge in [-0.25, -0.2) is 4.79 Å². The molecule has 0 saturated carbocycles. The lowest BCUT2D eigenvalue weighted by Gasteiger charge is -2.42. The number of esters is 1. The summed E-state index contributed by atoms with van der Waals surface area (Å²) in [6.07, 6.45) is -2.93. The van der Waals surface area contributed by atoms with Crippen LogP contribution in [0.5, 0.6) is 0 Å². The number of imide groups is 1. The van der Waals surface area contributed by atoms with E-state index in [9.17, 15) is 24.5 Å². The van der Waals surface area contributed by atoms with E-state index in [1.165, 1.54) is 12.1 Å². The maximum absolute atomic E-state index is 13.5. The highest BCUT2D eigenvalue weighted by Crippen LogP contribution is 2.36. The lowest BCUT2D eigenvalue weighted by atomic mass is 9.97. The van der Waals surface area contributed by atoms with Crippen LogP contribution in [0, 0.1) is 10.1 Å². The van der Waals surface area contributed by atoms with E-state index in [1.807, 2.05) is 91.0 Å². The van der Waals surface area contributed by atoms with Crippen molar-refractivity contribution < 1.29 is 43.0 Å². The molecule has 4 aromatic carbocycles. The summed E-state index contributed by atoms with van der Waals surface area (Å²) in [7, 11) is 0. The largest absolute Gasteiger partial charge is 0.464 e. The Morgan fingerprint density at radius 1 is 0.774 bits per heavy atom. The van der Waals surface area contributed by atoms with Crippen LogP contribution in [0.15, 0.2) is 115 Å². The van der Waals surface area contributed by atoms with Gasteiger partial charge in [0.2, 0.25) is 0 Å². The van der Waals surface area contributed by atoms with E-state index in [2.05, 4.69) is 0 Å². The highest BCUT2D eigenvalue weighted by atomic mass is 32.2. The van der Waals surface area contributed by atoms with Crippen LogP contribution in [-0.2, 0) is 48.3 Å². The molecular weight excluding hydrogens is 701 g/mol. The lowest BCUT2D eigenvalue weighted by molar-refractivity contribution is -0.555. The highest BCUT2D eigenvalue weighted by Gasteiger charge is 2.55. The summed E-state index contributed by atoms with van der Waals surface area (Å²) in [6, 6.07) is 31.7. The Hall–Kier alpha value is -4.92. The van der Waals surface area contributed by atoms with Gasteiger partial charge in [0.05, 0.1) is 44.2 Å². The zero-order valence-electron chi connectivity index (χ0n) is 29.1. The van der Waals surface area contributed by atoms with Gasteiger partial charge in [0, 0.05) is 10.7 Å². The molecule has 12 nitrogen and oxygen atoms in total. The van der Waals surface area contributed by atoms with Gasteiger partial charge >= 0.3 is 5.97 Å². The van der Waals surface area contributed by atoms with Gasteiger partial charge in [0.25, 0.3) is 17.9 Å². The molecule has 1 saturated heterocycles. The molecule has 276 valence electrons. The van der Waals surface area contributed by atoms with Crippen LogP contribution < -0.4 is 0 Å². The molecule has 2 aliphatic rings. The topological polar surface area (TPSA) is 144 Å². The van der Waals surface area contributed by atoms with Gasteiger partial charge in [0.15, 0.2) is 11.5 Å². The zero-order valence-corrected chi connectivity index (χ0v) is 29.9. The molecule has 2 amide bonds. The van der Waals surface area contributed by atoms with E-state index in [4.69, 9.17) is 23.7 Å². The molecule has 1 unspecified atom stereocenters. The quantitative estimate of drug-likeness (QED) is 0.0569. The number of hydrogen-bond donors (Lipinski definition) is 0. The molecule has 0 aromatic heterocycles. The van der Waals surface area contributed by atoms with Crippen molar-refractivity contribution in [2.45, 2.75) is 62.6 Å². The number of fused-ring (bicyclic) bond motifs is 1. The second-order valence-electron chi connectivity index (χ2n) is 12.5. The molecular formula is C40H40N2O10S. The summed E-state index contributed by atoms with van der Waals surface area (Å²) in [5.41, 5.74) is 1.70. The smallest absolute Gasteiger partial charge is 0.330 e. The molecule has 2 heterocycles. The van der Waals surface area contributed by atoms with E-state index >= 15 is 0 Å². The van der Waals surface area contributed by atoms with Crippen LogP contribution in [0.2, 0.25) is 0 Å². The van der Waals surface area contributed by atoms with Crippen LogP contribution in [0.3, 0.4) is 0 Å². The van der Waals surface area contributed by atoms with Crippen LogP contribution in [0.25, 0.3) is 0 Å². The van der Waals surface area contributed by atoms with Crippen molar-refractivity contribution in [1.29, 1.82) is 0 Å². The Balaban J connectivity index is 1.30. The van der Waals surface area contributed by atoms with Gasteiger partial charge in [-0.1, -0.05) is 103 Å². The molecule has 6 rings (SSSR count). The van der Waals surface area contributed by atoms with Gasteiger partial charge < -0.3 is 23.7 Å². The molecule has 1 fully saturated rings. The molecule has 2 aliphatic heterocycles. The predicted molar refractivity (Wildman–Crippen MR) is 195 cm³/mol. The monoisotopic (exact) mass is 740 g/mol. The first-order valence-corrected chi connectivity index (χ1v) is 18.4. The van der Waals surface area contributed by atoms with E-state index in [0.717, 1.165) is 33.4 Å². The Labute approximate surface area is 311 Å². The Morgan fingerprint density at radius 3 is 1.77 bits per heavy atom. The third kappa shape index (κ3) is 9.18. The van der Waals surface area contributed by atoms with Crippen molar-refractivity contribution in [3.63, 3.8) is 0 Å². The highest BCUT2D eigenvalue weighted by molar-refractivity contribution is 7.99. The van der Waals surface area contributed by atoms with Crippen molar-refractivity contribution >= 4 is 29.5 Å². The van der Waals surface area contributed by atoms with Gasteiger partial charge in [0.1, 0.15) is 18.2 Å². The minimum atomic E-state index is -1.49. The summed E-state index contributed by atoms with van der Waals surface area (Å²) in [5, 5.41) is 13.0. The number of nitro groups is 1. The number of carbonyl (C=O) groups is 3. The fourth-order valence-electron chi connectivity index (χ4n) is 6.34. The van der Waals surface area contributed by atoms with Crippen molar-refractivity contribution in [2.24, 2.45) is 0 Å². The molecule has 0 aliphatic carbocycles. The van der Waals surface area contributed by atoms with E-state index < -0.39 is 58.5 Å². The van der Waals surface area contributed by atoms with Crippen LogP contribution in [0.1, 0.15) is 44.3 Å². The Kier molecular flexibility index (Phi) is 13.0. The number of nitrogens with zero attached hydrogens (tertiary/aromatic N) is 2. The normalized spacial score (nSPS) is 21.6. The van der Waals surface area contributed by atoms with Crippen LogP contribution in [0.4, 0.5) is 0 Å². The fraction of sp³-hybridized carbons (Fsp3) is 0.325. The zero-order chi connectivity index (χ0) is 37.2. The maximum Gasteiger partial charge on any atom is 0.330 e. The summed E-state index contributed by atoms with van der Waals surface area (Å²) in [4.78, 5) is 53.8. The first kappa shape index (κ1) is 37.8. The first-order chi connectivity index (χ1) is 25.9. The number of hydrogen-bond acceptors (Lipinski definition) is 11. The van der Waals surface area contributed by atoms with Crippen molar-refractivity contribution in [3.05, 3.63) is 153 Å². The third-order valence-electron chi connectivity index (χ3n) is 8.94. The maximum atomic E-state index is 13.5. The second kappa shape index (κ2) is 18.2. The van der Waals surface area contributed by atoms with Crippen LogP contribution in [-0.4, -0.2) is 82.4 Å². The Bertz CT molecular complexity index is 1810. The molecule has 13 heteroatoms. The second-order valence-corrected chi connectivity index (χ2v) is 13.6. The number of rotatable bonds is 17. The molecule has 0 radical (unpaired) electrons. The number of benzene rings is 4. The van der Waals surface area contributed by atoms with E-state index in [1.54, 1.807) is 19.1 Å². The SMILES string of the molecule is CCOC(=O)[C@@H](CSC1O[C@H](COCc2ccccc2)[C@H](OCc2ccccc2)[C@H](OCc2ccccc2)[C@H]1[N+](=O)[O-])N1C(=O)c2ccccc2C1=O. The van der Waals surface area contributed by atoms with Crippen molar-refractivity contribution in [1.82, 2.24) is 4.90 Å². The fourth-order valence-corrected chi connectivity index (χ4v) is 7.67. The summed E-state index contributed by atoms with van der Waals surface area (Å²) in [6.45, 7) is 2.04. The number of amides is 2. The molecule has 4 aromatic rings. The molecule has 0 N–H and O–H groups in total. The van der Waals surface area contributed by atoms with Crippen LogP contribution >= 0.6 is 11.8 Å². The minimum absolute atomic E-state index is 0.000747. The standard InChI is InChI=1S/C40H40N2O10S/c1-2-49-39(45)32(41-37(43)30-20-12-13-21-31(30)38(41)44)26-53-40-34(42(46)47)36(51-24-29-18-10-5-11-19-29)35(50-23-28-16-8-4-9-17-28)33(52-40)25-48-22-27-14-6-3-7-15-27/h3-21,32-36,40H,2,22-26H2,1H3/t32-,33-,34-,35+,36-,40?/m1/s1. The van der Waals surface area contributed by atoms with E-state index in [0.29, 0.717) is 0 Å². The lowest BCUT2D eigenvalue weighted by Crippen LogP contribution is -2.62. The predicted octanol–water partition coefficient (Wildman–Crippen LogP) is 5.71.